The minimum atomic E-state index is -0.00189. The van der Waals surface area contributed by atoms with Gasteiger partial charge in [0, 0.05) is 54.7 Å². The quantitative estimate of drug-likeness (QED) is 0.629. The monoisotopic (exact) mass is 428 g/mol. The summed E-state index contributed by atoms with van der Waals surface area (Å²) in [4.78, 5) is 17.0. The first kappa shape index (κ1) is 22.4. The maximum absolute atomic E-state index is 12.2. The molecule has 1 saturated heterocycles. The van der Waals surface area contributed by atoms with Gasteiger partial charge in [0.15, 0.2) is 0 Å². The lowest BCUT2D eigenvalue weighted by Gasteiger charge is -2.34. The SMILES string of the molecule is Cc1ccc(NCCC(=O)Nc2ccc(N3CCC(CN(C)C)CC3)cc2)cc1Cl. The Morgan fingerprint density at radius 1 is 1.10 bits per heavy atom. The van der Waals surface area contributed by atoms with Crippen molar-refractivity contribution < 1.29 is 4.79 Å². The number of hydrogen-bond donors (Lipinski definition) is 2. The van der Waals surface area contributed by atoms with Crippen LogP contribution in [0.25, 0.3) is 0 Å². The molecule has 0 aromatic heterocycles. The van der Waals surface area contributed by atoms with E-state index < -0.39 is 0 Å². The Balaban J connectivity index is 1.41. The summed E-state index contributed by atoms with van der Waals surface area (Å²) in [5, 5.41) is 6.95. The van der Waals surface area contributed by atoms with Gasteiger partial charge in [0.05, 0.1) is 0 Å². The van der Waals surface area contributed by atoms with Gasteiger partial charge >= 0.3 is 0 Å². The topological polar surface area (TPSA) is 47.6 Å². The van der Waals surface area contributed by atoms with Crippen LogP contribution in [0.3, 0.4) is 0 Å². The molecule has 0 atom stereocenters. The van der Waals surface area contributed by atoms with E-state index >= 15 is 0 Å². The molecule has 1 heterocycles. The molecule has 6 heteroatoms. The fourth-order valence-electron chi connectivity index (χ4n) is 3.89. The molecule has 30 heavy (non-hydrogen) atoms. The van der Waals surface area contributed by atoms with Crippen LogP contribution in [-0.4, -0.2) is 51.1 Å². The van der Waals surface area contributed by atoms with Gasteiger partial charge in [-0.1, -0.05) is 17.7 Å². The lowest BCUT2D eigenvalue weighted by molar-refractivity contribution is -0.115. The Bertz CT molecular complexity index is 830. The summed E-state index contributed by atoms with van der Waals surface area (Å²) in [7, 11) is 4.29. The number of piperidine rings is 1. The van der Waals surface area contributed by atoms with Crippen LogP contribution in [0.2, 0.25) is 5.02 Å². The van der Waals surface area contributed by atoms with Crippen LogP contribution in [0, 0.1) is 12.8 Å². The number of aryl methyl sites for hydroxylation is 1. The van der Waals surface area contributed by atoms with E-state index in [0.29, 0.717) is 13.0 Å². The minimum absolute atomic E-state index is 0.00189. The van der Waals surface area contributed by atoms with Crippen molar-refractivity contribution in [2.75, 3.05) is 55.8 Å². The average molecular weight is 429 g/mol. The Kier molecular flexibility index (Phi) is 8.00. The van der Waals surface area contributed by atoms with Crippen LogP contribution in [0.4, 0.5) is 17.1 Å². The molecular weight excluding hydrogens is 396 g/mol. The average Bonchev–Trinajstić information content (AvgIpc) is 2.71. The maximum atomic E-state index is 12.2. The molecule has 2 aromatic carbocycles. The number of nitrogens with one attached hydrogen (secondary N) is 2. The summed E-state index contributed by atoms with van der Waals surface area (Å²) in [6.45, 7) is 5.89. The van der Waals surface area contributed by atoms with E-state index in [1.54, 1.807) is 0 Å². The zero-order valence-corrected chi connectivity index (χ0v) is 19.0. The van der Waals surface area contributed by atoms with Crippen LogP contribution in [0.5, 0.6) is 0 Å². The number of carbonyl (C=O) groups excluding carboxylic acids is 1. The molecule has 0 unspecified atom stereocenters. The molecule has 0 bridgehead atoms. The van der Waals surface area contributed by atoms with E-state index in [4.69, 9.17) is 11.6 Å². The number of rotatable bonds is 8. The van der Waals surface area contributed by atoms with Crippen molar-refractivity contribution in [3.05, 3.63) is 53.1 Å². The predicted molar refractivity (Wildman–Crippen MR) is 128 cm³/mol. The summed E-state index contributed by atoms with van der Waals surface area (Å²) >= 11 is 6.13. The highest BCUT2D eigenvalue weighted by Crippen LogP contribution is 2.25. The van der Waals surface area contributed by atoms with E-state index in [0.717, 1.165) is 41.0 Å². The number of amides is 1. The Morgan fingerprint density at radius 2 is 1.77 bits per heavy atom. The standard InChI is InChI=1S/C24H33ClN4O/c1-18-4-5-21(16-23(18)25)26-13-10-24(30)27-20-6-8-22(9-7-20)29-14-11-19(12-15-29)17-28(2)3/h4-9,16,19,26H,10-15,17H2,1-3H3,(H,27,30). The highest BCUT2D eigenvalue weighted by Gasteiger charge is 2.19. The van der Waals surface area contributed by atoms with Gasteiger partial charge < -0.3 is 20.4 Å². The van der Waals surface area contributed by atoms with E-state index in [-0.39, 0.29) is 5.91 Å². The number of hydrogen-bond acceptors (Lipinski definition) is 4. The van der Waals surface area contributed by atoms with E-state index in [2.05, 4.69) is 46.7 Å². The van der Waals surface area contributed by atoms with Gasteiger partial charge in [0.25, 0.3) is 0 Å². The number of halogens is 1. The highest BCUT2D eigenvalue weighted by atomic mass is 35.5. The molecule has 1 aliphatic heterocycles. The summed E-state index contributed by atoms with van der Waals surface area (Å²) in [5.41, 5.74) is 4.04. The number of benzene rings is 2. The van der Waals surface area contributed by atoms with Crippen molar-refractivity contribution in [3.63, 3.8) is 0 Å². The third-order valence-corrected chi connectivity index (χ3v) is 6.01. The molecule has 0 radical (unpaired) electrons. The molecule has 2 aromatic rings. The van der Waals surface area contributed by atoms with Gasteiger partial charge in [-0.25, -0.2) is 0 Å². The fraction of sp³-hybridized carbons (Fsp3) is 0.458. The summed E-state index contributed by atoms with van der Waals surface area (Å²) in [6, 6.07) is 14.0. The largest absolute Gasteiger partial charge is 0.384 e. The minimum Gasteiger partial charge on any atom is -0.384 e. The molecule has 0 aliphatic carbocycles. The van der Waals surface area contributed by atoms with Gasteiger partial charge in [0.1, 0.15) is 0 Å². The maximum Gasteiger partial charge on any atom is 0.226 e. The van der Waals surface area contributed by atoms with Crippen molar-refractivity contribution in [1.29, 1.82) is 0 Å². The van der Waals surface area contributed by atoms with Crippen molar-refractivity contribution >= 4 is 34.6 Å². The van der Waals surface area contributed by atoms with E-state index in [9.17, 15) is 4.79 Å². The summed E-state index contributed by atoms with van der Waals surface area (Å²) in [5.74, 6) is 0.789. The number of anilines is 3. The molecule has 1 aliphatic rings. The first-order valence-corrected chi connectivity index (χ1v) is 11.1. The smallest absolute Gasteiger partial charge is 0.226 e. The lowest BCUT2D eigenvalue weighted by atomic mass is 9.96. The third-order valence-electron chi connectivity index (χ3n) is 5.61. The lowest BCUT2D eigenvalue weighted by Crippen LogP contribution is -2.37. The second kappa shape index (κ2) is 10.7. The zero-order chi connectivity index (χ0) is 21.5. The van der Waals surface area contributed by atoms with Crippen LogP contribution in [-0.2, 0) is 4.79 Å². The summed E-state index contributed by atoms with van der Waals surface area (Å²) < 4.78 is 0. The van der Waals surface area contributed by atoms with Crippen molar-refractivity contribution in [1.82, 2.24) is 4.90 Å². The number of nitrogens with zero attached hydrogens (tertiary/aromatic N) is 2. The highest BCUT2D eigenvalue weighted by molar-refractivity contribution is 6.31. The second-order valence-electron chi connectivity index (χ2n) is 8.43. The predicted octanol–water partition coefficient (Wildman–Crippen LogP) is 4.87. The van der Waals surface area contributed by atoms with Crippen LogP contribution >= 0.6 is 11.6 Å². The molecule has 0 spiro atoms. The molecule has 3 rings (SSSR count). The second-order valence-corrected chi connectivity index (χ2v) is 8.84. The molecule has 2 N–H and O–H groups in total. The van der Waals surface area contributed by atoms with Crippen molar-refractivity contribution in [2.45, 2.75) is 26.2 Å². The normalized spacial score (nSPS) is 14.8. The van der Waals surface area contributed by atoms with Gasteiger partial charge in [0.2, 0.25) is 5.91 Å². The Hall–Kier alpha value is -2.24. The first-order valence-electron chi connectivity index (χ1n) is 10.7. The van der Waals surface area contributed by atoms with Crippen LogP contribution in [0.15, 0.2) is 42.5 Å². The van der Waals surface area contributed by atoms with Crippen molar-refractivity contribution in [3.8, 4) is 0 Å². The molecule has 162 valence electrons. The van der Waals surface area contributed by atoms with Crippen LogP contribution in [0.1, 0.15) is 24.8 Å². The van der Waals surface area contributed by atoms with E-state index in [1.807, 2.05) is 37.3 Å². The number of carbonyl (C=O) groups is 1. The first-order chi connectivity index (χ1) is 14.4. The fourth-order valence-corrected chi connectivity index (χ4v) is 4.07. The molecular formula is C24H33ClN4O. The molecule has 5 nitrogen and oxygen atoms in total. The Labute approximate surface area is 185 Å². The van der Waals surface area contributed by atoms with E-state index in [1.165, 1.54) is 25.1 Å². The third kappa shape index (κ3) is 6.64. The van der Waals surface area contributed by atoms with Crippen LogP contribution < -0.4 is 15.5 Å². The summed E-state index contributed by atoms with van der Waals surface area (Å²) in [6.07, 6.45) is 2.86. The van der Waals surface area contributed by atoms with Crippen molar-refractivity contribution in [2.24, 2.45) is 5.92 Å². The van der Waals surface area contributed by atoms with Gasteiger partial charge in [-0.05, 0) is 81.7 Å². The molecule has 1 fully saturated rings. The zero-order valence-electron chi connectivity index (χ0n) is 18.2. The van der Waals surface area contributed by atoms with Gasteiger partial charge in [-0.3, -0.25) is 4.79 Å². The molecule has 1 amide bonds. The molecule has 0 saturated carbocycles. The Morgan fingerprint density at radius 3 is 2.40 bits per heavy atom. The van der Waals surface area contributed by atoms with Gasteiger partial charge in [-0.2, -0.15) is 0 Å². The van der Waals surface area contributed by atoms with Gasteiger partial charge in [-0.15, -0.1) is 0 Å².